The van der Waals surface area contributed by atoms with E-state index in [1.54, 1.807) is 6.07 Å². The molecule has 0 fully saturated rings. The van der Waals surface area contributed by atoms with Crippen molar-refractivity contribution in [1.29, 1.82) is 0 Å². The number of alkyl halides is 3. The summed E-state index contributed by atoms with van der Waals surface area (Å²) in [5.41, 5.74) is 2.55. The van der Waals surface area contributed by atoms with Gasteiger partial charge in [-0.1, -0.05) is 42.5 Å². The van der Waals surface area contributed by atoms with Crippen molar-refractivity contribution in [3.8, 4) is 11.3 Å². The van der Waals surface area contributed by atoms with Crippen molar-refractivity contribution >= 4 is 0 Å². The molecule has 3 rings (SSSR count). The van der Waals surface area contributed by atoms with Gasteiger partial charge in [-0.05, 0) is 35.4 Å². The Labute approximate surface area is 137 Å². The Kier molecular flexibility index (Phi) is 4.44. The van der Waals surface area contributed by atoms with Crippen molar-refractivity contribution < 1.29 is 18.3 Å². The van der Waals surface area contributed by atoms with Gasteiger partial charge in [-0.3, -0.25) is 0 Å². The van der Waals surface area contributed by atoms with Crippen LogP contribution in [0.25, 0.3) is 11.3 Å². The first kappa shape index (κ1) is 16.3. The number of hydrogen-bond donors (Lipinski definition) is 1. The number of aromatic nitrogens is 1. The number of nitrogens with zero attached hydrogens (tertiary/aromatic N) is 1. The summed E-state index contributed by atoms with van der Waals surface area (Å²) in [5, 5.41) is 9.54. The van der Waals surface area contributed by atoms with Crippen molar-refractivity contribution in [3.05, 3.63) is 83.6 Å². The Balaban J connectivity index is 1.98. The van der Waals surface area contributed by atoms with E-state index in [0.717, 1.165) is 23.4 Å². The van der Waals surface area contributed by atoms with Gasteiger partial charge in [-0.25, -0.2) is 0 Å². The summed E-state index contributed by atoms with van der Waals surface area (Å²) in [5.74, 6) is 0. The fourth-order valence-corrected chi connectivity index (χ4v) is 2.68. The minimum absolute atomic E-state index is 0.131. The zero-order chi connectivity index (χ0) is 17.2. The van der Waals surface area contributed by atoms with Crippen LogP contribution in [0.15, 0.2) is 66.7 Å². The first-order valence-electron chi connectivity index (χ1n) is 7.50. The van der Waals surface area contributed by atoms with E-state index in [1.165, 1.54) is 12.1 Å². The fraction of sp³-hybridized carbons (Fsp3) is 0.158. The van der Waals surface area contributed by atoms with Gasteiger partial charge < -0.3 is 9.67 Å². The molecule has 0 aliphatic heterocycles. The van der Waals surface area contributed by atoms with Gasteiger partial charge in [0.25, 0.3) is 0 Å². The van der Waals surface area contributed by atoms with E-state index in [-0.39, 0.29) is 6.61 Å². The normalized spacial score (nSPS) is 11.7. The third-order valence-corrected chi connectivity index (χ3v) is 3.92. The van der Waals surface area contributed by atoms with Crippen molar-refractivity contribution in [2.45, 2.75) is 19.3 Å². The molecule has 0 spiro atoms. The maximum atomic E-state index is 12.7. The smallest absolute Gasteiger partial charge is 0.390 e. The van der Waals surface area contributed by atoms with E-state index < -0.39 is 11.7 Å². The highest BCUT2D eigenvalue weighted by Gasteiger charge is 2.30. The van der Waals surface area contributed by atoms with Crippen LogP contribution in [0.4, 0.5) is 13.2 Å². The molecule has 124 valence electrons. The Morgan fingerprint density at radius 3 is 2.08 bits per heavy atom. The Morgan fingerprint density at radius 1 is 0.833 bits per heavy atom. The van der Waals surface area contributed by atoms with Gasteiger partial charge in [0.05, 0.1) is 12.2 Å². The largest absolute Gasteiger partial charge is 0.416 e. The molecule has 0 atom stereocenters. The third-order valence-electron chi connectivity index (χ3n) is 3.92. The van der Waals surface area contributed by atoms with E-state index in [9.17, 15) is 18.3 Å². The van der Waals surface area contributed by atoms with Gasteiger partial charge in [0.15, 0.2) is 0 Å². The molecule has 0 radical (unpaired) electrons. The van der Waals surface area contributed by atoms with Crippen LogP contribution in [0.3, 0.4) is 0 Å². The Bertz CT molecular complexity index is 805. The van der Waals surface area contributed by atoms with Crippen LogP contribution in [-0.2, 0) is 19.3 Å². The first-order chi connectivity index (χ1) is 11.5. The Morgan fingerprint density at radius 2 is 1.50 bits per heavy atom. The lowest BCUT2D eigenvalue weighted by atomic mass is 10.1. The van der Waals surface area contributed by atoms with Crippen LogP contribution in [0.5, 0.6) is 0 Å². The van der Waals surface area contributed by atoms with Crippen LogP contribution in [-0.4, -0.2) is 9.67 Å². The molecule has 0 amide bonds. The van der Waals surface area contributed by atoms with E-state index in [4.69, 9.17) is 0 Å². The number of hydrogen-bond acceptors (Lipinski definition) is 1. The molecule has 0 saturated heterocycles. The van der Waals surface area contributed by atoms with Gasteiger partial charge >= 0.3 is 6.18 Å². The third kappa shape index (κ3) is 3.36. The summed E-state index contributed by atoms with van der Waals surface area (Å²) in [6.45, 7) is 0.410. The minimum atomic E-state index is -4.35. The average Bonchev–Trinajstić information content (AvgIpc) is 2.98. The summed E-state index contributed by atoms with van der Waals surface area (Å²) in [6, 6.07) is 18.4. The van der Waals surface area contributed by atoms with Gasteiger partial charge in [0.2, 0.25) is 0 Å². The zero-order valence-corrected chi connectivity index (χ0v) is 12.8. The quantitative estimate of drug-likeness (QED) is 0.735. The van der Waals surface area contributed by atoms with Crippen molar-refractivity contribution in [2.75, 3.05) is 0 Å². The molecular formula is C19H16F3NO. The second kappa shape index (κ2) is 6.53. The lowest BCUT2D eigenvalue weighted by molar-refractivity contribution is -0.137. The van der Waals surface area contributed by atoms with Crippen LogP contribution in [0.2, 0.25) is 0 Å². The van der Waals surface area contributed by atoms with Gasteiger partial charge in [-0.2, -0.15) is 13.2 Å². The number of aliphatic hydroxyl groups is 1. The second-order valence-corrected chi connectivity index (χ2v) is 5.51. The summed E-state index contributed by atoms with van der Waals surface area (Å²) in [4.78, 5) is 0. The van der Waals surface area contributed by atoms with Crippen LogP contribution in [0, 0.1) is 0 Å². The van der Waals surface area contributed by atoms with Gasteiger partial charge in [0, 0.05) is 17.9 Å². The van der Waals surface area contributed by atoms with Gasteiger partial charge in [0.1, 0.15) is 0 Å². The number of halogens is 3. The highest BCUT2D eigenvalue weighted by molar-refractivity contribution is 5.61. The van der Waals surface area contributed by atoms with Crippen LogP contribution in [0.1, 0.15) is 16.8 Å². The van der Waals surface area contributed by atoms with Crippen molar-refractivity contribution in [2.24, 2.45) is 0 Å². The fourth-order valence-electron chi connectivity index (χ4n) is 2.68. The molecule has 0 aliphatic carbocycles. The molecule has 5 heteroatoms. The van der Waals surface area contributed by atoms with E-state index >= 15 is 0 Å². The summed E-state index contributed by atoms with van der Waals surface area (Å²) in [6.07, 6.45) is -4.35. The summed E-state index contributed by atoms with van der Waals surface area (Å²) < 4.78 is 40.0. The van der Waals surface area contributed by atoms with Gasteiger partial charge in [-0.15, -0.1) is 0 Å². The zero-order valence-electron chi connectivity index (χ0n) is 12.8. The monoisotopic (exact) mass is 331 g/mol. The highest BCUT2D eigenvalue weighted by Crippen LogP contribution is 2.31. The maximum absolute atomic E-state index is 12.7. The predicted molar refractivity (Wildman–Crippen MR) is 86.3 cm³/mol. The second-order valence-electron chi connectivity index (χ2n) is 5.51. The molecule has 24 heavy (non-hydrogen) atoms. The molecule has 0 unspecified atom stereocenters. The first-order valence-corrected chi connectivity index (χ1v) is 7.50. The lowest BCUT2D eigenvalue weighted by Crippen LogP contribution is -2.07. The van der Waals surface area contributed by atoms with Crippen molar-refractivity contribution in [3.63, 3.8) is 0 Å². The summed E-state index contributed by atoms with van der Waals surface area (Å²) in [7, 11) is 0. The molecule has 1 aromatic heterocycles. The molecule has 0 aliphatic rings. The molecule has 3 aromatic rings. The topological polar surface area (TPSA) is 25.2 Å². The molecule has 1 N–H and O–H groups in total. The molecular weight excluding hydrogens is 315 g/mol. The predicted octanol–water partition coefficient (Wildman–Crippen LogP) is 4.71. The minimum Gasteiger partial charge on any atom is -0.390 e. The highest BCUT2D eigenvalue weighted by atomic mass is 19.4. The molecule has 1 heterocycles. The lowest BCUT2D eigenvalue weighted by Gasteiger charge is -2.14. The number of aliphatic hydroxyl groups excluding tert-OH is 1. The SMILES string of the molecule is OCc1ccc(-c2ccc(C(F)(F)F)cc2)n1Cc1ccccc1. The van der Waals surface area contributed by atoms with E-state index in [0.29, 0.717) is 17.8 Å². The van der Waals surface area contributed by atoms with Crippen LogP contribution < -0.4 is 0 Å². The molecule has 2 aromatic carbocycles. The number of rotatable bonds is 4. The van der Waals surface area contributed by atoms with E-state index in [1.807, 2.05) is 41.0 Å². The van der Waals surface area contributed by atoms with Crippen molar-refractivity contribution in [1.82, 2.24) is 4.57 Å². The van der Waals surface area contributed by atoms with E-state index in [2.05, 4.69) is 0 Å². The molecule has 0 saturated carbocycles. The maximum Gasteiger partial charge on any atom is 0.416 e. The average molecular weight is 331 g/mol. The summed E-state index contributed by atoms with van der Waals surface area (Å²) >= 11 is 0. The molecule has 2 nitrogen and oxygen atoms in total. The molecule has 0 bridgehead atoms. The Hall–Kier alpha value is -2.53. The standard InChI is InChI=1S/C19H16F3NO/c20-19(21,22)16-8-6-15(7-9-16)18-11-10-17(13-24)23(18)12-14-4-2-1-3-5-14/h1-11,24H,12-13H2. The number of benzene rings is 2. The van der Waals surface area contributed by atoms with Crippen LogP contribution >= 0.6 is 0 Å².